The van der Waals surface area contributed by atoms with Crippen molar-refractivity contribution in [2.24, 2.45) is 0 Å². The van der Waals surface area contributed by atoms with E-state index in [1.165, 1.54) is 23.1 Å². The summed E-state index contributed by atoms with van der Waals surface area (Å²) >= 11 is 2.49. The number of nitrogens with zero attached hydrogens (tertiary/aromatic N) is 3. The van der Waals surface area contributed by atoms with Gasteiger partial charge in [-0.1, -0.05) is 35.2 Å². The monoisotopic (exact) mass is 330 g/mol. The Hall–Kier alpha value is -2.32. The van der Waals surface area contributed by atoms with Crippen LogP contribution in [0.2, 0.25) is 0 Å². The van der Waals surface area contributed by atoms with E-state index in [2.05, 4.69) is 20.3 Å². The molecule has 0 saturated heterocycles. The SMILES string of the molecule is O=C(CSc1ncccn1)Nc1nc(=O)c2ccccc2s1. The minimum Gasteiger partial charge on any atom is -0.301 e. The van der Waals surface area contributed by atoms with Gasteiger partial charge in [-0.15, -0.1) is 0 Å². The van der Waals surface area contributed by atoms with Crippen molar-refractivity contribution >= 4 is 44.2 Å². The summed E-state index contributed by atoms with van der Waals surface area (Å²) in [5.41, 5.74) is -0.344. The molecule has 8 heteroatoms. The van der Waals surface area contributed by atoms with Crippen LogP contribution in [-0.2, 0) is 4.79 Å². The van der Waals surface area contributed by atoms with Crippen LogP contribution in [0.5, 0.6) is 0 Å². The normalized spacial score (nSPS) is 10.5. The molecule has 6 nitrogen and oxygen atoms in total. The van der Waals surface area contributed by atoms with Crippen LogP contribution in [0.4, 0.5) is 5.13 Å². The molecule has 0 aliphatic carbocycles. The van der Waals surface area contributed by atoms with Crippen LogP contribution in [0.1, 0.15) is 0 Å². The zero-order valence-electron chi connectivity index (χ0n) is 11.2. The van der Waals surface area contributed by atoms with Gasteiger partial charge in [-0.3, -0.25) is 9.59 Å². The molecule has 1 aromatic carbocycles. The fourth-order valence-electron chi connectivity index (χ4n) is 1.71. The fourth-order valence-corrected chi connectivity index (χ4v) is 3.23. The molecule has 0 bridgehead atoms. The van der Waals surface area contributed by atoms with E-state index in [0.29, 0.717) is 15.7 Å². The Kier molecular flexibility index (Phi) is 4.40. The summed E-state index contributed by atoms with van der Waals surface area (Å²) in [6.45, 7) is 0. The van der Waals surface area contributed by atoms with E-state index < -0.39 is 0 Å². The highest BCUT2D eigenvalue weighted by atomic mass is 32.2. The number of fused-ring (bicyclic) bond motifs is 1. The quantitative estimate of drug-likeness (QED) is 0.583. The lowest BCUT2D eigenvalue weighted by molar-refractivity contribution is -0.113. The van der Waals surface area contributed by atoms with Crippen LogP contribution in [0.3, 0.4) is 0 Å². The molecule has 22 heavy (non-hydrogen) atoms. The summed E-state index contributed by atoms with van der Waals surface area (Å²) < 4.78 is 0.789. The predicted molar refractivity (Wildman–Crippen MR) is 87.3 cm³/mol. The molecule has 0 aliphatic rings. The van der Waals surface area contributed by atoms with Crippen LogP contribution in [0.25, 0.3) is 10.1 Å². The first kappa shape index (κ1) is 14.6. The molecule has 1 amide bonds. The first-order valence-corrected chi connectivity index (χ1v) is 8.12. The molecule has 2 heterocycles. The van der Waals surface area contributed by atoms with E-state index in [1.54, 1.807) is 30.6 Å². The van der Waals surface area contributed by atoms with Gasteiger partial charge in [0.2, 0.25) is 5.91 Å². The van der Waals surface area contributed by atoms with Gasteiger partial charge in [-0.25, -0.2) is 9.97 Å². The minimum absolute atomic E-state index is 0.152. The summed E-state index contributed by atoms with van der Waals surface area (Å²) in [5, 5.41) is 4.01. The lowest BCUT2D eigenvalue weighted by Gasteiger charge is -2.03. The molecule has 110 valence electrons. The smallest absolute Gasteiger partial charge is 0.281 e. The van der Waals surface area contributed by atoms with Gasteiger partial charge < -0.3 is 5.32 Å². The molecular formula is C14H10N4O2S2. The summed E-state index contributed by atoms with van der Waals surface area (Å²) in [7, 11) is 0. The average molecular weight is 330 g/mol. The van der Waals surface area contributed by atoms with E-state index in [1.807, 2.05) is 12.1 Å². The fraction of sp³-hybridized carbons (Fsp3) is 0.0714. The number of nitrogens with one attached hydrogen (secondary N) is 1. The Morgan fingerprint density at radius 1 is 1.18 bits per heavy atom. The van der Waals surface area contributed by atoms with Crippen LogP contribution in [-0.4, -0.2) is 26.6 Å². The Bertz CT molecular complexity index is 867. The third-order valence-corrected chi connectivity index (χ3v) is 4.49. The second-order valence-corrected chi connectivity index (χ2v) is 6.16. The van der Waals surface area contributed by atoms with Crippen molar-refractivity contribution in [3.05, 3.63) is 53.1 Å². The molecule has 0 atom stereocenters. The maximum Gasteiger partial charge on any atom is 0.281 e. The van der Waals surface area contributed by atoms with Crippen molar-refractivity contribution in [3.8, 4) is 0 Å². The molecule has 0 saturated carbocycles. The molecule has 1 N–H and O–H groups in total. The Morgan fingerprint density at radius 3 is 2.77 bits per heavy atom. The van der Waals surface area contributed by atoms with Gasteiger partial charge in [0, 0.05) is 17.1 Å². The standard InChI is InChI=1S/C14H10N4O2S2/c19-11(8-21-13-15-6-3-7-16-13)17-14-18-12(20)9-4-1-2-5-10(9)22-14/h1-7H,8H2,(H,17,18,19,20). The Balaban J connectivity index is 1.70. The predicted octanol–water partition coefficient (Wildman–Crippen LogP) is 2.18. The number of carbonyl (C=O) groups excluding carboxylic acids is 1. The second-order valence-electron chi connectivity index (χ2n) is 4.19. The van der Waals surface area contributed by atoms with Crippen molar-refractivity contribution in [2.45, 2.75) is 5.16 Å². The van der Waals surface area contributed by atoms with Gasteiger partial charge in [0.05, 0.1) is 11.1 Å². The number of thioether (sulfide) groups is 1. The van der Waals surface area contributed by atoms with Gasteiger partial charge in [0.1, 0.15) is 0 Å². The number of benzene rings is 1. The molecule has 2 aromatic heterocycles. The molecule has 0 unspecified atom stereocenters. The molecule has 0 aliphatic heterocycles. The zero-order valence-corrected chi connectivity index (χ0v) is 12.9. The number of hydrogen-bond acceptors (Lipinski definition) is 7. The van der Waals surface area contributed by atoms with Gasteiger partial charge in [-0.2, -0.15) is 4.98 Å². The van der Waals surface area contributed by atoms with Gasteiger partial charge in [-0.05, 0) is 18.2 Å². The maximum absolute atomic E-state index is 11.9. The molecule has 0 radical (unpaired) electrons. The lowest BCUT2D eigenvalue weighted by Crippen LogP contribution is -2.17. The summed E-state index contributed by atoms with van der Waals surface area (Å²) in [6, 6.07) is 8.88. The number of aromatic nitrogens is 3. The van der Waals surface area contributed by atoms with Crippen molar-refractivity contribution in [1.82, 2.24) is 15.0 Å². The Labute approximate surface area is 133 Å². The average Bonchev–Trinajstić information content (AvgIpc) is 2.54. The Morgan fingerprint density at radius 2 is 1.95 bits per heavy atom. The minimum atomic E-state index is -0.344. The molecule has 0 spiro atoms. The van der Waals surface area contributed by atoms with E-state index in [-0.39, 0.29) is 17.2 Å². The third-order valence-electron chi connectivity index (χ3n) is 2.65. The molecule has 3 rings (SSSR count). The summed E-state index contributed by atoms with van der Waals surface area (Å²) in [5.74, 6) is -0.102. The first-order chi connectivity index (χ1) is 10.7. The van der Waals surface area contributed by atoms with Crippen molar-refractivity contribution in [2.75, 3.05) is 11.1 Å². The second kappa shape index (κ2) is 6.63. The van der Waals surface area contributed by atoms with Gasteiger partial charge >= 0.3 is 0 Å². The van der Waals surface area contributed by atoms with Gasteiger partial charge in [0.25, 0.3) is 5.56 Å². The highest BCUT2D eigenvalue weighted by Crippen LogP contribution is 2.20. The molecule has 3 aromatic rings. The van der Waals surface area contributed by atoms with Gasteiger partial charge in [0.15, 0.2) is 10.3 Å². The van der Waals surface area contributed by atoms with Crippen LogP contribution in [0, 0.1) is 0 Å². The van der Waals surface area contributed by atoms with E-state index >= 15 is 0 Å². The third kappa shape index (κ3) is 3.46. The largest absolute Gasteiger partial charge is 0.301 e. The highest BCUT2D eigenvalue weighted by Gasteiger charge is 2.09. The van der Waals surface area contributed by atoms with Crippen LogP contribution < -0.4 is 10.9 Å². The molecular weight excluding hydrogens is 320 g/mol. The van der Waals surface area contributed by atoms with Crippen molar-refractivity contribution < 1.29 is 4.79 Å². The topological polar surface area (TPSA) is 84.8 Å². The number of rotatable bonds is 4. The number of amides is 1. The van der Waals surface area contributed by atoms with E-state index in [0.717, 1.165) is 4.70 Å². The van der Waals surface area contributed by atoms with Crippen molar-refractivity contribution in [1.29, 1.82) is 0 Å². The summed E-state index contributed by atoms with van der Waals surface area (Å²) in [4.78, 5) is 35.7. The first-order valence-electron chi connectivity index (χ1n) is 6.32. The maximum atomic E-state index is 11.9. The number of anilines is 1. The van der Waals surface area contributed by atoms with Crippen LogP contribution >= 0.6 is 23.1 Å². The zero-order chi connectivity index (χ0) is 15.4. The van der Waals surface area contributed by atoms with Crippen LogP contribution in [0.15, 0.2) is 52.7 Å². The van der Waals surface area contributed by atoms with E-state index in [4.69, 9.17) is 0 Å². The number of hydrogen-bond donors (Lipinski definition) is 1. The summed E-state index contributed by atoms with van der Waals surface area (Å²) in [6.07, 6.45) is 3.23. The number of carbonyl (C=O) groups is 1. The van der Waals surface area contributed by atoms with E-state index in [9.17, 15) is 9.59 Å². The highest BCUT2D eigenvalue weighted by molar-refractivity contribution is 7.99. The van der Waals surface area contributed by atoms with Crippen molar-refractivity contribution in [3.63, 3.8) is 0 Å². The lowest BCUT2D eigenvalue weighted by atomic mass is 10.3. The molecule has 0 fully saturated rings.